The highest BCUT2D eigenvalue weighted by Gasteiger charge is 2.66. The highest BCUT2D eigenvalue weighted by Crippen LogP contribution is 2.63. The molecule has 3 atom stereocenters. The highest BCUT2D eigenvalue weighted by atomic mass is 35.5. The van der Waals surface area contributed by atoms with Gasteiger partial charge in [-0.05, 0) is 38.0 Å². The van der Waals surface area contributed by atoms with Gasteiger partial charge in [-0.1, -0.05) is 20.8 Å². The summed E-state index contributed by atoms with van der Waals surface area (Å²) in [5.41, 5.74) is -0.173. The Labute approximate surface area is 134 Å². The number of carbonyl (C=O) groups excluding carboxylic acids is 2. The van der Waals surface area contributed by atoms with E-state index < -0.39 is 0 Å². The molecule has 5 heteroatoms. The van der Waals surface area contributed by atoms with Crippen LogP contribution in [0.5, 0.6) is 0 Å². The number of amides is 1. The van der Waals surface area contributed by atoms with Gasteiger partial charge in [0.05, 0.1) is 12.6 Å². The number of fused-ring (bicyclic) bond motifs is 2. The third kappa shape index (κ3) is 2.61. The van der Waals surface area contributed by atoms with E-state index in [9.17, 15) is 9.59 Å². The van der Waals surface area contributed by atoms with Gasteiger partial charge in [-0.15, -0.1) is 12.4 Å². The van der Waals surface area contributed by atoms with Gasteiger partial charge in [0.1, 0.15) is 0 Å². The maximum atomic E-state index is 12.6. The molecule has 21 heavy (non-hydrogen) atoms. The van der Waals surface area contributed by atoms with Crippen LogP contribution in [-0.2, 0) is 9.59 Å². The van der Waals surface area contributed by atoms with Gasteiger partial charge in [0.25, 0.3) is 0 Å². The molecule has 0 heterocycles. The van der Waals surface area contributed by atoms with Gasteiger partial charge in [-0.2, -0.15) is 0 Å². The zero-order valence-electron chi connectivity index (χ0n) is 13.9. The molecule has 0 saturated heterocycles. The Balaban J connectivity index is 0.00000220. The lowest BCUT2D eigenvalue weighted by molar-refractivity contribution is -0.131. The quantitative estimate of drug-likeness (QED) is 0.846. The normalized spacial score (nSPS) is 32.9. The Kier molecular flexibility index (Phi) is 5.49. The van der Waals surface area contributed by atoms with Gasteiger partial charge in [-0.25, -0.2) is 0 Å². The number of nitrogens with one attached hydrogen (secondary N) is 1. The van der Waals surface area contributed by atoms with E-state index in [-0.39, 0.29) is 41.7 Å². The molecule has 4 nitrogen and oxygen atoms in total. The summed E-state index contributed by atoms with van der Waals surface area (Å²) in [6.45, 7) is 12.2. The predicted molar refractivity (Wildman–Crippen MR) is 86.6 cm³/mol. The van der Waals surface area contributed by atoms with Crippen LogP contribution in [0.3, 0.4) is 0 Å². The van der Waals surface area contributed by atoms with E-state index >= 15 is 0 Å². The molecule has 2 saturated carbocycles. The number of halogens is 1. The van der Waals surface area contributed by atoms with E-state index in [4.69, 9.17) is 0 Å². The largest absolute Gasteiger partial charge is 0.342 e. The van der Waals surface area contributed by atoms with Crippen molar-refractivity contribution in [2.24, 2.45) is 16.7 Å². The van der Waals surface area contributed by atoms with Gasteiger partial charge in [-0.3, -0.25) is 14.9 Å². The van der Waals surface area contributed by atoms with Crippen LogP contribution in [0.15, 0.2) is 0 Å². The summed E-state index contributed by atoms with van der Waals surface area (Å²) in [4.78, 5) is 26.5. The van der Waals surface area contributed by atoms with Gasteiger partial charge in [0.15, 0.2) is 5.78 Å². The van der Waals surface area contributed by atoms with E-state index in [1.54, 1.807) is 4.90 Å². The third-order valence-electron chi connectivity index (χ3n) is 6.12. The Hall–Kier alpha value is -0.610. The summed E-state index contributed by atoms with van der Waals surface area (Å²) in [6.07, 6.45) is 2.08. The van der Waals surface area contributed by atoms with Gasteiger partial charge in [0, 0.05) is 18.5 Å². The van der Waals surface area contributed by atoms with Crippen LogP contribution in [0.2, 0.25) is 0 Å². The molecule has 3 unspecified atom stereocenters. The highest BCUT2D eigenvalue weighted by molar-refractivity contribution is 5.94. The minimum atomic E-state index is -0.215. The average molecular weight is 317 g/mol. The molecule has 0 aromatic heterocycles. The molecule has 2 aliphatic rings. The number of hydrogen-bond acceptors (Lipinski definition) is 3. The molecule has 122 valence electrons. The fraction of sp³-hybridized carbons (Fsp3) is 0.875. The molecule has 2 rings (SSSR count). The average Bonchev–Trinajstić information content (AvgIpc) is 2.70. The van der Waals surface area contributed by atoms with Crippen molar-refractivity contribution in [3.63, 3.8) is 0 Å². The van der Waals surface area contributed by atoms with Crippen LogP contribution < -0.4 is 5.32 Å². The maximum Gasteiger partial charge on any atom is 0.236 e. The van der Waals surface area contributed by atoms with Gasteiger partial charge in [0.2, 0.25) is 5.91 Å². The number of ketones is 1. The lowest BCUT2D eigenvalue weighted by Gasteiger charge is -2.32. The van der Waals surface area contributed by atoms with E-state index in [1.165, 1.54) is 0 Å². The van der Waals surface area contributed by atoms with Crippen molar-refractivity contribution in [2.75, 3.05) is 19.6 Å². The minimum absolute atomic E-state index is 0. The van der Waals surface area contributed by atoms with Crippen molar-refractivity contribution < 1.29 is 9.59 Å². The first-order valence-electron chi connectivity index (χ1n) is 7.85. The zero-order chi connectivity index (χ0) is 15.1. The molecule has 0 aromatic carbocycles. The third-order valence-corrected chi connectivity index (χ3v) is 6.12. The van der Waals surface area contributed by atoms with E-state index in [0.717, 1.165) is 25.9 Å². The number of hydrogen-bond donors (Lipinski definition) is 1. The molecule has 2 bridgehead atoms. The van der Waals surface area contributed by atoms with Gasteiger partial charge >= 0.3 is 0 Å². The molecule has 2 fully saturated rings. The van der Waals surface area contributed by atoms with Crippen molar-refractivity contribution in [1.29, 1.82) is 0 Å². The van der Waals surface area contributed by atoms with Crippen molar-refractivity contribution in [3.05, 3.63) is 0 Å². The molecule has 1 N–H and O–H groups in total. The molecular weight excluding hydrogens is 288 g/mol. The SMILES string of the molecule is CCN(CC)C(=O)CNC1C(=O)C2(C)CCC1C2(C)C.Cl. The predicted octanol–water partition coefficient (Wildman–Crippen LogP) is 2.26. The number of likely N-dealkylation sites (N-methyl/N-ethyl adjacent to an activating group) is 1. The van der Waals surface area contributed by atoms with Crippen LogP contribution >= 0.6 is 12.4 Å². The van der Waals surface area contributed by atoms with Crippen LogP contribution in [0.4, 0.5) is 0 Å². The molecule has 0 aliphatic heterocycles. The molecular formula is C16H29ClN2O2. The minimum Gasteiger partial charge on any atom is -0.342 e. The number of rotatable bonds is 5. The summed E-state index contributed by atoms with van der Waals surface area (Å²) >= 11 is 0. The smallest absolute Gasteiger partial charge is 0.236 e. The molecule has 0 spiro atoms. The van der Waals surface area contributed by atoms with Crippen molar-refractivity contribution in [3.8, 4) is 0 Å². The molecule has 0 radical (unpaired) electrons. The number of nitrogens with zero attached hydrogens (tertiary/aromatic N) is 1. The lowest BCUT2D eigenvalue weighted by Crippen LogP contribution is -2.48. The standard InChI is InChI=1S/C16H28N2O2.ClH/c1-6-18(7-2)12(19)10-17-13-11-8-9-16(5,14(13)20)15(11,3)4;/h11,13,17H,6-10H2,1-5H3;1H. The van der Waals surface area contributed by atoms with Crippen molar-refractivity contribution in [1.82, 2.24) is 10.2 Å². The Morgan fingerprint density at radius 1 is 1.29 bits per heavy atom. The molecule has 0 aromatic rings. The van der Waals surface area contributed by atoms with Crippen LogP contribution in [0, 0.1) is 16.7 Å². The summed E-state index contributed by atoms with van der Waals surface area (Å²) < 4.78 is 0. The second kappa shape index (κ2) is 6.25. The monoisotopic (exact) mass is 316 g/mol. The first-order valence-corrected chi connectivity index (χ1v) is 7.85. The Bertz CT molecular complexity index is 421. The summed E-state index contributed by atoms with van der Waals surface area (Å²) in [6, 6.07) is -0.136. The van der Waals surface area contributed by atoms with Crippen molar-refractivity contribution >= 4 is 24.1 Å². The Morgan fingerprint density at radius 3 is 2.29 bits per heavy atom. The molecule has 1 amide bonds. The van der Waals surface area contributed by atoms with Crippen LogP contribution in [0.25, 0.3) is 0 Å². The van der Waals surface area contributed by atoms with E-state index in [0.29, 0.717) is 11.7 Å². The summed E-state index contributed by atoms with van der Waals surface area (Å²) in [7, 11) is 0. The summed E-state index contributed by atoms with van der Waals surface area (Å²) in [5, 5.41) is 3.25. The fourth-order valence-electron chi connectivity index (χ4n) is 4.21. The van der Waals surface area contributed by atoms with Crippen molar-refractivity contribution in [2.45, 2.75) is 53.5 Å². The fourth-order valence-corrected chi connectivity index (χ4v) is 4.21. The number of carbonyl (C=O) groups is 2. The Morgan fingerprint density at radius 2 is 1.86 bits per heavy atom. The van der Waals surface area contributed by atoms with E-state index in [2.05, 4.69) is 26.1 Å². The van der Waals surface area contributed by atoms with Crippen LogP contribution in [0.1, 0.15) is 47.5 Å². The zero-order valence-corrected chi connectivity index (χ0v) is 14.7. The second-order valence-corrected chi connectivity index (χ2v) is 6.99. The lowest BCUT2D eigenvalue weighted by atomic mass is 9.70. The first kappa shape index (κ1) is 18.4. The molecule has 2 aliphatic carbocycles. The second-order valence-electron chi connectivity index (χ2n) is 6.99. The summed E-state index contributed by atoms with van der Waals surface area (Å²) in [5.74, 6) is 0.768. The number of Topliss-reactive ketones (excluding diaryl/α,β-unsaturated/α-hetero) is 1. The topological polar surface area (TPSA) is 49.4 Å². The maximum absolute atomic E-state index is 12.6. The first-order chi connectivity index (χ1) is 9.29. The van der Waals surface area contributed by atoms with Gasteiger partial charge < -0.3 is 4.90 Å². The van der Waals surface area contributed by atoms with Crippen LogP contribution in [-0.4, -0.2) is 42.3 Å². The van der Waals surface area contributed by atoms with E-state index in [1.807, 2.05) is 13.8 Å².